The molecule has 2 amide bonds. The van der Waals surface area contributed by atoms with Gasteiger partial charge in [-0.3, -0.25) is 4.68 Å². The Morgan fingerprint density at radius 2 is 2.11 bits per heavy atom. The van der Waals surface area contributed by atoms with Crippen molar-refractivity contribution in [3.63, 3.8) is 0 Å². The molecule has 0 bridgehead atoms. The van der Waals surface area contributed by atoms with E-state index in [4.69, 9.17) is 10.5 Å². The summed E-state index contributed by atoms with van der Waals surface area (Å²) in [6.45, 7) is 3.30. The Morgan fingerprint density at radius 3 is 2.87 bits per heavy atom. The van der Waals surface area contributed by atoms with Gasteiger partial charge in [0.1, 0.15) is 5.60 Å². The van der Waals surface area contributed by atoms with E-state index >= 15 is 0 Å². The Morgan fingerprint density at radius 1 is 1.32 bits per heavy atom. The monoisotopic (exact) mass is 527 g/mol. The van der Waals surface area contributed by atoms with Crippen molar-refractivity contribution >= 4 is 11.8 Å². The van der Waals surface area contributed by atoms with Gasteiger partial charge in [-0.15, -0.1) is 13.2 Å². The van der Waals surface area contributed by atoms with E-state index < -0.39 is 17.7 Å². The number of nitrogens with zero attached hydrogens (tertiary/aromatic N) is 5. The Kier molecular flexibility index (Phi) is 6.36. The van der Waals surface area contributed by atoms with Crippen molar-refractivity contribution in [2.75, 3.05) is 25.4 Å². The first-order chi connectivity index (χ1) is 18.1. The second-order valence-electron chi connectivity index (χ2n) is 9.18. The number of nitrogens with one attached hydrogen (secondary N) is 1. The summed E-state index contributed by atoms with van der Waals surface area (Å²) in [7, 11) is 0. The molecule has 0 aliphatic carbocycles. The molecule has 5 rings (SSSR count). The Labute approximate surface area is 215 Å². The lowest BCUT2D eigenvalue weighted by Crippen LogP contribution is -2.44. The molecule has 2 aromatic heterocycles. The third-order valence-corrected chi connectivity index (χ3v) is 6.74. The van der Waals surface area contributed by atoms with Crippen LogP contribution in [0.3, 0.4) is 0 Å². The first kappa shape index (κ1) is 25.3. The van der Waals surface area contributed by atoms with E-state index in [1.165, 1.54) is 6.20 Å². The molecule has 38 heavy (non-hydrogen) atoms. The van der Waals surface area contributed by atoms with Crippen LogP contribution in [0.15, 0.2) is 42.6 Å². The fourth-order valence-corrected chi connectivity index (χ4v) is 4.91. The highest BCUT2D eigenvalue weighted by molar-refractivity contribution is 5.75. The molecular formula is C25H24F3N7O3. The number of pyridine rings is 1. The SMILES string of the molecule is CC(NC(=O)N1CCC2(C1)OCCn1nc(-c3cnc(N)c(OC(F)(F)F)c3)cc12)c1ccccc1C#N. The van der Waals surface area contributed by atoms with E-state index in [0.29, 0.717) is 48.6 Å². The van der Waals surface area contributed by atoms with Gasteiger partial charge in [-0.1, -0.05) is 18.2 Å². The molecule has 1 spiro atoms. The van der Waals surface area contributed by atoms with Crippen LogP contribution in [0, 0.1) is 11.3 Å². The van der Waals surface area contributed by atoms with Crippen molar-refractivity contribution < 1.29 is 27.4 Å². The molecular weight excluding hydrogens is 503 g/mol. The van der Waals surface area contributed by atoms with Gasteiger partial charge < -0.3 is 25.4 Å². The van der Waals surface area contributed by atoms with Crippen molar-refractivity contribution in [1.29, 1.82) is 5.26 Å². The van der Waals surface area contributed by atoms with Crippen LogP contribution < -0.4 is 15.8 Å². The lowest BCUT2D eigenvalue weighted by Gasteiger charge is -2.34. The number of halogens is 3. The Balaban J connectivity index is 1.35. The van der Waals surface area contributed by atoms with E-state index in [-0.39, 0.29) is 24.4 Å². The molecule has 10 nitrogen and oxygen atoms in total. The zero-order chi connectivity index (χ0) is 27.1. The Hall–Kier alpha value is -4.31. The highest BCUT2D eigenvalue weighted by atomic mass is 19.4. The van der Waals surface area contributed by atoms with Crippen molar-refractivity contribution in [2.24, 2.45) is 0 Å². The van der Waals surface area contributed by atoms with E-state index in [1.807, 2.05) is 13.0 Å². The summed E-state index contributed by atoms with van der Waals surface area (Å²) < 4.78 is 50.2. The normalized spacial score (nSPS) is 19.6. The van der Waals surface area contributed by atoms with Crippen LogP contribution in [0.4, 0.5) is 23.8 Å². The molecule has 1 aromatic carbocycles. The number of rotatable bonds is 4. The summed E-state index contributed by atoms with van der Waals surface area (Å²) in [4.78, 5) is 18.6. The maximum Gasteiger partial charge on any atom is 0.573 e. The predicted molar refractivity (Wildman–Crippen MR) is 128 cm³/mol. The number of urea groups is 1. The average Bonchev–Trinajstić information content (AvgIpc) is 3.51. The molecule has 198 valence electrons. The van der Waals surface area contributed by atoms with Gasteiger partial charge in [-0.25, -0.2) is 9.78 Å². The van der Waals surface area contributed by atoms with Crippen LogP contribution in [-0.4, -0.2) is 51.8 Å². The van der Waals surface area contributed by atoms with Gasteiger partial charge in [0.05, 0.1) is 48.8 Å². The molecule has 3 aromatic rings. The number of nitrogen functional groups attached to an aromatic ring is 1. The van der Waals surface area contributed by atoms with Crippen molar-refractivity contribution in [1.82, 2.24) is 25.0 Å². The Bertz CT molecular complexity index is 1420. The number of hydrogen-bond donors (Lipinski definition) is 2. The summed E-state index contributed by atoms with van der Waals surface area (Å²) >= 11 is 0. The third kappa shape index (κ3) is 4.82. The maximum atomic E-state index is 13.1. The number of fused-ring (bicyclic) bond motifs is 2. The van der Waals surface area contributed by atoms with Crippen LogP contribution in [0.2, 0.25) is 0 Å². The van der Waals surface area contributed by atoms with E-state index in [2.05, 4.69) is 26.2 Å². The van der Waals surface area contributed by atoms with Gasteiger partial charge in [0.25, 0.3) is 0 Å². The molecule has 0 radical (unpaired) electrons. The number of amides is 2. The van der Waals surface area contributed by atoms with Crippen molar-refractivity contribution in [3.05, 3.63) is 59.4 Å². The number of nitrogens with two attached hydrogens (primary N) is 1. The van der Waals surface area contributed by atoms with Gasteiger partial charge in [-0.2, -0.15) is 10.4 Å². The molecule has 1 saturated heterocycles. The minimum Gasteiger partial charge on any atom is -0.402 e. The zero-order valence-corrected chi connectivity index (χ0v) is 20.3. The average molecular weight is 528 g/mol. The summed E-state index contributed by atoms with van der Waals surface area (Å²) in [6.07, 6.45) is -3.08. The highest BCUT2D eigenvalue weighted by Crippen LogP contribution is 2.40. The number of nitriles is 1. The fourth-order valence-electron chi connectivity index (χ4n) is 4.91. The molecule has 2 unspecified atom stereocenters. The smallest absolute Gasteiger partial charge is 0.402 e. The predicted octanol–water partition coefficient (Wildman–Crippen LogP) is 3.70. The number of aromatic nitrogens is 3. The molecule has 2 aliphatic heterocycles. The molecule has 0 saturated carbocycles. The second-order valence-corrected chi connectivity index (χ2v) is 9.18. The van der Waals surface area contributed by atoms with Crippen LogP contribution in [0.25, 0.3) is 11.3 Å². The van der Waals surface area contributed by atoms with Crippen LogP contribution in [0.5, 0.6) is 5.75 Å². The fraction of sp³-hybridized carbons (Fsp3) is 0.360. The number of carbonyl (C=O) groups excluding carboxylic acids is 1. The standard InChI is InChI=1S/C25H24F3N7O3/c1-15(18-5-3-2-4-16(18)12-29)32-23(36)34-7-6-24(14-34)21-11-19(33-35(21)8-9-37-24)17-10-20(22(30)31-13-17)38-25(26,27)28/h2-5,10-11,13,15H,6-9,14H2,1H3,(H2,30,31)(H,32,36). The molecule has 3 N–H and O–H groups in total. The van der Waals surface area contributed by atoms with Gasteiger partial charge >= 0.3 is 12.4 Å². The molecule has 1 fully saturated rings. The van der Waals surface area contributed by atoms with E-state index in [0.717, 1.165) is 11.6 Å². The molecule has 13 heteroatoms. The molecule has 2 atom stereocenters. The lowest BCUT2D eigenvalue weighted by molar-refractivity contribution is -0.274. The molecule has 4 heterocycles. The number of hydrogen-bond acceptors (Lipinski definition) is 7. The summed E-state index contributed by atoms with van der Waals surface area (Å²) in [5.74, 6) is -0.998. The van der Waals surface area contributed by atoms with Gasteiger partial charge in [0.2, 0.25) is 0 Å². The summed E-state index contributed by atoms with van der Waals surface area (Å²) in [5.41, 5.74) is 7.35. The topological polar surface area (TPSA) is 131 Å². The van der Waals surface area contributed by atoms with E-state index in [1.54, 1.807) is 33.8 Å². The number of anilines is 1. The number of ether oxygens (including phenoxy) is 2. The first-order valence-electron chi connectivity index (χ1n) is 11.9. The quantitative estimate of drug-likeness (QED) is 0.529. The van der Waals surface area contributed by atoms with Crippen LogP contribution in [-0.2, 0) is 16.9 Å². The third-order valence-electron chi connectivity index (χ3n) is 6.74. The van der Waals surface area contributed by atoms with Crippen LogP contribution >= 0.6 is 0 Å². The zero-order valence-electron chi connectivity index (χ0n) is 20.3. The van der Waals surface area contributed by atoms with Crippen molar-refractivity contribution in [3.8, 4) is 23.1 Å². The van der Waals surface area contributed by atoms with Gasteiger partial charge in [0, 0.05) is 24.7 Å². The second kappa shape index (κ2) is 9.53. The maximum absolute atomic E-state index is 13.1. The van der Waals surface area contributed by atoms with Gasteiger partial charge in [0.15, 0.2) is 11.6 Å². The van der Waals surface area contributed by atoms with Crippen LogP contribution in [0.1, 0.15) is 36.2 Å². The lowest BCUT2D eigenvalue weighted by atomic mass is 9.96. The minimum absolute atomic E-state index is 0.263. The highest BCUT2D eigenvalue weighted by Gasteiger charge is 2.47. The first-order valence-corrected chi connectivity index (χ1v) is 11.9. The van der Waals surface area contributed by atoms with Gasteiger partial charge in [-0.05, 0) is 30.7 Å². The number of benzene rings is 1. The van der Waals surface area contributed by atoms with Crippen molar-refractivity contribution in [2.45, 2.75) is 37.9 Å². The summed E-state index contributed by atoms with van der Waals surface area (Å²) in [5, 5.41) is 16.9. The van der Waals surface area contributed by atoms with E-state index in [9.17, 15) is 23.2 Å². The molecule has 2 aliphatic rings. The summed E-state index contributed by atoms with van der Waals surface area (Å²) in [6, 6.07) is 11.4. The minimum atomic E-state index is -4.91. The number of likely N-dealkylation sites (tertiary alicyclic amines) is 1. The number of alkyl halides is 3. The number of carbonyl (C=O) groups is 1. The largest absolute Gasteiger partial charge is 0.573 e.